The number of benzene rings is 1. The molecule has 0 saturated heterocycles. The van der Waals surface area contributed by atoms with Gasteiger partial charge in [-0.2, -0.15) is 5.10 Å². The van der Waals surface area contributed by atoms with Crippen molar-refractivity contribution in [3.63, 3.8) is 0 Å². The number of carbonyl (C=O) groups is 1. The fourth-order valence-electron chi connectivity index (χ4n) is 1.78. The Bertz CT molecular complexity index is 576. The van der Waals surface area contributed by atoms with Crippen LogP contribution in [0.1, 0.15) is 23.2 Å². The van der Waals surface area contributed by atoms with Gasteiger partial charge < -0.3 is 5.32 Å². The number of hydrogen-bond acceptors (Lipinski definition) is 2. The third-order valence-corrected chi connectivity index (χ3v) is 3.28. The quantitative estimate of drug-likeness (QED) is 0.892. The molecule has 0 radical (unpaired) electrons. The maximum Gasteiger partial charge on any atom is 0.251 e. The molecular formula is C13H12ClN3O. The van der Waals surface area contributed by atoms with Gasteiger partial charge in [-0.05, 0) is 31.0 Å². The Morgan fingerprint density at radius 3 is 2.94 bits per heavy atom. The first-order valence-corrected chi connectivity index (χ1v) is 6.21. The minimum absolute atomic E-state index is 0.0427. The van der Waals surface area contributed by atoms with Crippen LogP contribution in [0.4, 0.5) is 0 Å². The number of carbonyl (C=O) groups excluding carboxylic acids is 1. The number of halogens is 1. The molecule has 0 bridgehead atoms. The van der Waals surface area contributed by atoms with Crippen molar-refractivity contribution in [2.75, 3.05) is 0 Å². The van der Waals surface area contributed by atoms with Crippen LogP contribution in [0.3, 0.4) is 0 Å². The van der Waals surface area contributed by atoms with Crippen LogP contribution in [-0.2, 0) is 0 Å². The number of nitrogens with one attached hydrogen (secondary N) is 2. The van der Waals surface area contributed by atoms with Gasteiger partial charge in [0.15, 0.2) is 0 Å². The average Bonchev–Trinajstić information content (AvgIpc) is 3.01. The predicted molar refractivity (Wildman–Crippen MR) is 69.5 cm³/mol. The van der Waals surface area contributed by atoms with Crippen LogP contribution in [0.2, 0.25) is 5.02 Å². The highest BCUT2D eigenvalue weighted by Crippen LogP contribution is 2.28. The van der Waals surface area contributed by atoms with Crippen molar-refractivity contribution in [3.05, 3.63) is 41.2 Å². The summed E-state index contributed by atoms with van der Waals surface area (Å²) >= 11 is 6.14. The summed E-state index contributed by atoms with van der Waals surface area (Å²) in [7, 11) is 0. The smallest absolute Gasteiger partial charge is 0.251 e. The summed E-state index contributed by atoms with van der Waals surface area (Å²) < 4.78 is 0. The molecule has 1 aliphatic rings. The Balaban J connectivity index is 1.92. The minimum atomic E-state index is -0.0427. The molecule has 1 saturated carbocycles. The van der Waals surface area contributed by atoms with Gasteiger partial charge in [0.25, 0.3) is 5.91 Å². The lowest BCUT2D eigenvalue weighted by Crippen LogP contribution is -2.25. The lowest BCUT2D eigenvalue weighted by Gasteiger charge is -2.06. The predicted octanol–water partition coefficient (Wildman–Crippen LogP) is 2.62. The lowest BCUT2D eigenvalue weighted by molar-refractivity contribution is 0.0951. The first-order valence-electron chi connectivity index (χ1n) is 5.83. The summed E-state index contributed by atoms with van der Waals surface area (Å²) in [5.74, 6) is -0.0427. The topological polar surface area (TPSA) is 57.8 Å². The molecule has 2 aromatic rings. The molecule has 1 fully saturated rings. The number of aromatic nitrogens is 2. The molecule has 0 spiro atoms. The van der Waals surface area contributed by atoms with Crippen LogP contribution in [0.25, 0.3) is 11.1 Å². The lowest BCUT2D eigenvalue weighted by atomic mass is 10.1. The molecule has 1 heterocycles. The molecule has 2 N–H and O–H groups in total. The molecule has 0 aliphatic heterocycles. The van der Waals surface area contributed by atoms with E-state index in [0.717, 1.165) is 24.0 Å². The molecule has 92 valence electrons. The number of H-pyrrole nitrogens is 1. The number of aromatic amines is 1. The van der Waals surface area contributed by atoms with Gasteiger partial charge in [-0.25, -0.2) is 0 Å². The zero-order valence-corrected chi connectivity index (χ0v) is 10.4. The molecule has 5 heteroatoms. The van der Waals surface area contributed by atoms with Crippen molar-refractivity contribution < 1.29 is 4.79 Å². The van der Waals surface area contributed by atoms with Crippen molar-refractivity contribution in [1.82, 2.24) is 15.5 Å². The largest absolute Gasteiger partial charge is 0.349 e. The van der Waals surface area contributed by atoms with Crippen molar-refractivity contribution in [2.45, 2.75) is 18.9 Å². The van der Waals surface area contributed by atoms with E-state index in [9.17, 15) is 4.79 Å². The average molecular weight is 262 g/mol. The summed E-state index contributed by atoms with van der Waals surface area (Å²) in [6.07, 6.45) is 5.59. The second-order valence-corrected chi connectivity index (χ2v) is 4.84. The normalized spacial score (nSPS) is 14.5. The fraction of sp³-hybridized carbons (Fsp3) is 0.231. The van der Waals surface area contributed by atoms with Crippen molar-refractivity contribution in [3.8, 4) is 11.1 Å². The zero-order chi connectivity index (χ0) is 12.5. The Hall–Kier alpha value is -1.81. The van der Waals surface area contributed by atoms with Gasteiger partial charge in [-0.15, -0.1) is 0 Å². The van der Waals surface area contributed by atoms with Gasteiger partial charge in [0, 0.05) is 34.0 Å². The molecule has 1 amide bonds. The fourth-order valence-corrected chi connectivity index (χ4v) is 2.01. The second kappa shape index (κ2) is 4.46. The first-order chi connectivity index (χ1) is 8.74. The second-order valence-electron chi connectivity index (χ2n) is 4.43. The highest BCUT2D eigenvalue weighted by atomic mass is 35.5. The number of nitrogens with zero attached hydrogens (tertiary/aromatic N) is 1. The summed E-state index contributed by atoms with van der Waals surface area (Å²) in [4.78, 5) is 12.0. The molecule has 18 heavy (non-hydrogen) atoms. The van der Waals surface area contributed by atoms with Crippen LogP contribution >= 0.6 is 11.6 Å². The van der Waals surface area contributed by atoms with Crippen LogP contribution in [0.15, 0.2) is 30.6 Å². The van der Waals surface area contributed by atoms with E-state index in [1.54, 1.807) is 30.6 Å². The van der Waals surface area contributed by atoms with Crippen LogP contribution in [0, 0.1) is 0 Å². The van der Waals surface area contributed by atoms with Crippen molar-refractivity contribution in [1.29, 1.82) is 0 Å². The standard InChI is InChI=1S/C13H12ClN3O/c14-12-4-1-8(13(18)17-10-2-3-10)5-11(12)9-6-15-16-7-9/h1,4-7,10H,2-3H2,(H,15,16)(H,17,18). The van der Waals surface area contributed by atoms with Gasteiger partial charge in [0.1, 0.15) is 0 Å². The summed E-state index contributed by atoms with van der Waals surface area (Å²) in [5, 5.41) is 10.2. The van der Waals surface area contributed by atoms with E-state index >= 15 is 0 Å². The molecule has 0 unspecified atom stereocenters. The van der Waals surface area contributed by atoms with E-state index in [2.05, 4.69) is 15.5 Å². The molecule has 1 aliphatic carbocycles. The maximum absolute atomic E-state index is 12.0. The highest BCUT2D eigenvalue weighted by Gasteiger charge is 2.24. The van der Waals surface area contributed by atoms with E-state index in [1.807, 2.05) is 0 Å². The van der Waals surface area contributed by atoms with Crippen molar-refractivity contribution in [2.24, 2.45) is 0 Å². The molecule has 1 aromatic carbocycles. The molecule has 0 atom stereocenters. The number of rotatable bonds is 3. The first kappa shape index (κ1) is 11.3. The Morgan fingerprint density at radius 2 is 2.28 bits per heavy atom. The van der Waals surface area contributed by atoms with Gasteiger partial charge in [-0.1, -0.05) is 11.6 Å². The Kier molecular flexibility index (Phi) is 2.80. The van der Waals surface area contributed by atoms with E-state index < -0.39 is 0 Å². The SMILES string of the molecule is O=C(NC1CC1)c1ccc(Cl)c(-c2cn[nH]c2)c1. The van der Waals surface area contributed by atoms with E-state index in [1.165, 1.54) is 0 Å². The van der Waals surface area contributed by atoms with Crippen LogP contribution in [0.5, 0.6) is 0 Å². The molecule has 1 aromatic heterocycles. The maximum atomic E-state index is 12.0. The highest BCUT2D eigenvalue weighted by molar-refractivity contribution is 6.33. The summed E-state index contributed by atoms with van der Waals surface area (Å²) in [6.45, 7) is 0. The summed E-state index contributed by atoms with van der Waals surface area (Å²) in [5.41, 5.74) is 2.32. The molecule has 4 nitrogen and oxygen atoms in total. The van der Waals surface area contributed by atoms with Crippen LogP contribution in [-0.4, -0.2) is 22.1 Å². The Labute approximate surface area is 109 Å². The molecular weight excluding hydrogens is 250 g/mol. The number of amides is 1. The zero-order valence-electron chi connectivity index (χ0n) is 9.61. The third kappa shape index (κ3) is 2.24. The molecule has 3 rings (SSSR count). The summed E-state index contributed by atoms with van der Waals surface area (Å²) in [6, 6.07) is 5.63. The Morgan fingerprint density at radius 1 is 1.44 bits per heavy atom. The van der Waals surface area contributed by atoms with E-state index in [-0.39, 0.29) is 5.91 Å². The van der Waals surface area contributed by atoms with Crippen LogP contribution < -0.4 is 5.32 Å². The monoisotopic (exact) mass is 261 g/mol. The van der Waals surface area contributed by atoms with Gasteiger partial charge in [-0.3, -0.25) is 9.89 Å². The van der Waals surface area contributed by atoms with E-state index in [4.69, 9.17) is 11.6 Å². The number of hydrogen-bond donors (Lipinski definition) is 2. The minimum Gasteiger partial charge on any atom is -0.349 e. The van der Waals surface area contributed by atoms with Gasteiger partial charge in [0.2, 0.25) is 0 Å². The third-order valence-electron chi connectivity index (χ3n) is 2.95. The van der Waals surface area contributed by atoms with Gasteiger partial charge >= 0.3 is 0 Å². The van der Waals surface area contributed by atoms with Crippen molar-refractivity contribution >= 4 is 17.5 Å². The van der Waals surface area contributed by atoms with E-state index in [0.29, 0.717) is 16.6 Å². The van der Waals surface area contributed by atoms with Gasteiger partial charge in [0.05, 0.1) is 6.20 Å².